The first kappa shape index (κ1) is 20.9. The molecule has 0 saturated heterocycles. The summed E-state index contributed by atoms with van der Waals surface area (Å²) in [5.41, 5.74) is 6.17. The number of aromatic nitrogens is 1. The fraction of sp³-hybridized carbons (Fsp3) is 0.179. The number of carbonyl (C=O) groups is 1. The molecule has 1 aromatic heterocycles. The summed E-state index contributed by atoms with van der Waals surface area (Å²) in [6.07, 6.45) is 2.07. The van der Waals surface area contributed by atoms with E-state index in [1.165, 1.54) is 5.56 Å². The number of benzene rings is 3. The van der Waals surface area contributed by atoms with Gasteiger partial charge >= 0.3 is 6.03 Å². The SMILES string of the molecule is CCOc1ccccc1NC(=O)N1Cc2ccccc2-n2cccc2C1c1ccc(C)cc1. The van der Waals surface area contributed by atoms with Crippen molar-refractivity contribution in [1.29, 1.82) is 0 Å². The topological polar surface area (TPSA) is 46.5 Å². The standard InChI is InChI=1S/C28H27N3O2/c1-3-33-26-13-7-5-10-23(26)29-28(32)31-19-22-9-4-6-11-24(22)30-18-8-12-25(30)27(31)21-16-14-20(2)15-17-21/h4-18,27H,3,19H2,1-2H3,(H,29,32). The van der Waals surface area contributed by atoms with Gasteiger partial charge in [-0.15, -0.1) is 0 Å². The number of para-hydroxylation sites is 3. The molecular formula is C28H27N3O2. The van der Waals surface area contributed by atoms with Gasteiger partial charge in [-0.05, 0) is 55.3 Å². The highest BCUT2D eigenvalue weighted by atomic mass is 16.5. The quantitative estimate of drug-likeness (QED) is 0.406. The number of hydrogen-bond donors (Lipinski definition) is 1. The van der Waals surface area contributed by atoms with Gasteiger partial charge < -0.3 is 19.5 Å². The second kappa shape index (κ2) is 8.87. The van der Waals surface area contributed by atoms with Crippen LogP contribution in [0.2, 0.25) is 0 Å². The molecule has 0 spiro atoms. The van der Waals surface area contributed by atoms with Crippen LogP contribution in [0.15, 0.2) is 91.1 Å². The monoisotopic (exact) mass is 437 g/mol. The number of fused-ring (bicyclic) bond motifs is 3. The van der Waals surface area contributed by atoms with Gasteiger partial charge in [0.2, 0.25) is 0 Å². The highest BCUT2D eigenvalue weighted by Gasteiger charge is 2.33. The van der Waals surface area contributed by atoms with E-state index in [4.69, 9.17) is 4.74 Å². The van der Waals surface area contributed by atoms with Crippen molar-refractivity contribution in [3.63, 3.8) is 0 Å². The third-order valence-corrected chi connectivity index (χ3v) is 6.05. The summed E-state index contributed by atoms with van der Waals surface area (Å²) in [5, 5.41) is 3.11. The number of anilines is 1. The Hall–Kier alpha value is -3.99. The van der Waals surface area contributed by atoms with Crippen LogP contribution in [0.1, 0.15) is 35.3 Å². The molecule has 5 heteroatoms. The molecule has 0 aliphatic carbocycles. The molecule has 1 N–H and O–H groups in total. The Morgan fingerprint density at radius 2 is 1.73 bits per heavy atom. The highest BCUT2D eigenvalue weighted by Crippen LogP contribution is 2.37. The second-order valence-electron chi connectivity index (χ2n) is 8.23. The highest BCUT2D eigenvalue weighted by molar-refractivity contribution is 5.91. The van der Waals surface area contributed by atoms with Crippen molar-refractivity contribution in [1.82, 2.24) is 9.47 Å². The number of ether oxygens (including phenoxy) is 1. The van der Waals surface area contributed by atoms with E-state index in [1.807, 2.05) is 54.3 Å². The molecule has 0 radical (unpaired) electrons. The average molecular weight is 438 g/mol. The molecule has 2 amide bonds. The smallest absolute Gasteiger partial charge is 0.323 e. The van der Waals surface area contributed by atoms with E-state index < -0.39 is 0 Å². The van der Waals surface area contributed by atoms with Crippen LogP contribution in [0, 0.1) is 6.92 Å². The summed E-state index contributed by atoms with van der Waals surface area (Å²) >= 11 is 0. The molecule has 1 aliphatic heterocycles. The van der Waals surface area contributed by atoms with E-state index in [1.54, 1.807) is 0 Å². The maximum atomic E-state index is 13.8. The lowest BCUT2D eigenvalue weighted by Crippen LogP contribution is -2.38. The Bertz CT molecular complexity index is 1280. The van der Waals surface area contributed by atoms with Crippen molar-refractivity contribution >= 4 is 11.7 Å². The van der Waals surface area contributed by atoms with Gasteiger partial charge in [0.15, 0.2) is 0 Å². The third kappa shape index (κ3) is 3.98. The molecular weight excluding hydrogens is 410 g/mol. The summed E-state index contributed by atoms with van der Waals surface area (Å²) in [5.74, 6) is 0.666. The van der Waals surface area contributed by atoms with E-state index in [-0.39, 0.29) is 12.1 Å². The van der Waals surface area contributed by atoms with Crippen LogP contribution in [0.3, 0.4) is 0 Å². The Morgan fingerprint density at radius 3 is 2.55 bits per heavy atom. The zero-order valence-corrected chi connectivity index (χ0v) is 18.9. The molecule has 1 atom stereocenters. The predicted molar refractivity (Wildman–Crippen MR) is 131 cm³/mol. The number of carbonyl (C=O) groups excluding carboxylic acids is 1. The van der Waals surface area contributed by atoms with Gasteiger partial charge in [0.25, 0.3) is 0 Å². The molecule has 33 heavy (non-hydrogen) atoms. The van der Waals surface area contributed by atoms with Crippen molar-refractivity contribution < 1.29 is 9.53 Å². The molecule has 3 aromatic carbocycles. The number of urea groups is 1. The van der Waals surface area contributed by atoms with Gasteiger partial charge in [-0.25, -0.2) is 4.79 Å². The van der Waals surface area contributed by atoms with E-state index in [2.05, 4.69) is 65.5 Å². The first-order chi connectivity index (χ1) is 16.2. The average Bonchev–Trinajstić information content (AvgIpc) is 3.26. The molecule has 0 saturated carbocycles. The third-order valence-electron chi connectivity index (χ3n) is 6.05. The Kier molecular flexibility index (Phi) is 5.61. The van der Waals surface area contributed by atoms with Gasteiger partial charge in [-0.1, -0.05) is 60.2 Å². The number of aryl methyl sites for hydroxylation is 1. The van der Waals surface area contributed by atoms with Gasteiger partial charge in [0, 0.05) is 11.9 Å². The van der Waals surface area contributed by atoms with Crippen LogP contribution in [0.5, 0.6) is 5.75 Å². The van der Waals surface area contributed by atoms with Crippen molar-refractivity contribution in [2.45, 2.75) is 26.4 Å². The molecule has 5 rings (SSSR count). The minimum Gasteiger partial charge on any atom is -0.492 e. The van der Waals surface area contributed by atoms with Gasteiger partial charge in [0.1, 0.15) is 5.75 Å². The number of rotatable bonds is 4. The van der Waals surface area contributed by atoms with Crippen molar-refractivity contribution in [3.8, 4) is 11.4 Å². The largest absolute Gasteiger partial charge is 0.492 e. The molecule has 166 valence electrons. The Balaban J connectivity index is 1.61. The number of nitrogens with zero attached hydrogens (tertiary/aromatic N) is 2. The molecule has 1 unspecified atom stereocenters. The molecule has 1 aliphatic rings. The van der Waals surface area contributed by atoms with Crippen LogP contribution < -0.4 is 10.1 Å². The second-order valence-corrected chi connectivity index (χ2v) is 8.23. The van der Waals surface area contributed by atoms with Gasteiger partial charge in [-0.2, -0.15) is 0 Å². The number of nitrogens with one attached hydrogen (secondary N) is 1. The molecule has 4 aromatic rings. The van der Waals surface area contributed by atoms with E-state index in [0.717, 1.165) is 22.5 Å². The van der Waals surface area contributed by atoms with Gasteiger partial charge in [0.05, 0.1) is 30.6 Å². The zero-order chi connectivity index (χ0) is 22.8. The number of amides is 2. The maximum absolute atomic E-state index is 13.8. The fourth-order valence-corrected chi connectivity index (χ4v) is 4.48. The molecule has 0 fully saturated rings. The molecule has 5 nitrogen and oxygen atoms in total. The van der Waals surface area contributed by atoms with Crippen molar-refractivity contribution in [2.75, 3.05) is 11.9 Å². The lowest BCUT2D eigenvalue weighted by Gasteiger charge is -2.31. The predicted octanol–water partition coefficient (Wildman–Crippen LogP) is 6.32. The lowest BCUT2D eigenvalue weighted by atomic mass is 10.0. The van der Waals surface area contributed by atoms with Crippen LogP contribution in [-0.2, 0) is 6.54 Å². The van der Waals surface area contributed by atoms with E-state index in [9.17, 15) is 4.79 Å². The first-order valence-corrected chi connectivity index (χ1v) is 11.3. The first-order valence-electron chi connectivity index (χ1n) is 11.3. The lowest BCUT2D eigenvalue weighted by molar-refractivity contribution is 0.194. The van der Waals surface area contributed by atoms with Crippen LogP contribution in [-0.4, -0.2) is 22.1 Å². The minimum atomic E-state index is -0.243. The molecule has 0 bridgehead atoms. The maximum Gasteiger partial charge on any atom is 0.323 e. The normalized spacial score (nSPS) is 14.7. The van der Waals surface area contributed by atoms with Crippen LogP contribution in [0.25, 0.3) is 5.69 Å². The van der Waals surface area contributed by atoms with Crippen molar-refractivity contribution in [2.24, 2.45) is 0 Å². The Morgan fingerprint density at radius 1 is 0.970 bits per heavy atom. The summed E-state index contributed by atoms with van der Waals surface area (Å²) in [6.45, 7) is 5.03. The Labute approximate surface area is 194 Å². The van der Waals surface area contributed by atoms with Crippen molar-refractivity contribution in [3.05, 3.63) is 114 Å². The zero-order valence-electron chi connectivity index (χ0n) is 18.9. The summed E-state index contributed by atoms with van der Waals surface area (Å²) in [4.78, 5) is 15.7. The summed E-state index contributed by atoms with van der Waals surface area (Å²) < 4.78 is 7.93. The number of hydrogen-bond acceptors (Lipinski definition) is 2. The fourth-order valence-electron chi connectivity index (χ4n) is 4.48. The minimum absolute atomic E-state index is 0.169. The van der Waals surface area contributed by atoms with Gasteiger partial charge in [-0.3, -0.25) is 0 Å². The summed E-state index contributed by atoms with van der Waals surface area (Å²) in [7, 11) is 0. The summed E-state index contributed by atoms with van der Waals surface area (Å²) in [6, 6.07) is 28.0. The van der Waals surface area contributed by atoms with E-state index in [0.29, 0.717) is 24.6 Å². The van der Waals surface area contributed by atoms with Crippen LogP contribution in [0.4, 0.5) is 10.5 Å². The molecule has 2 heterocycles. The van der Waals surface area contributed by atoms with E-state index >= 15 is 0 Å². The van der Waals surface area contributed by atoms with Crippen LogP contribution >= 0.6 is 0 Å².